The molecule has 0 aliphatic heterocycles. The lowest BCUT2D eigenvalue weighted by Crippen LogP contribution is -2.00. The van der Waals surface area contributed by atoms with Crippen molar-refractivity contribution in [2.45, 2.75) is 39.5 Å². The van der Waals surface area contributed by atoms with Crippen molar-refractivity contribution in [3.05, 3.63) is 34.5 Å². The molecular formula is C16H21NO3. The van der Waals surface area contributed by atoms with Gasteiger partial charge in [-0.1, -0.05) is 13.8 Å². The third-order valence-electron chi connectivity index (χ3n) is 3.73. The van der Waals surface area contributed by atoms with E-state index >= 15 is 0 Å². The van der Waals surface area contributed by atoms with Crippen molar-refractivity contribution in [1.29, 1.82) is 0 Å². The lowest BCUT2D eigenvalue weighted by Gasteiger charge is -2.09. The number of benzene rings is 1. The quantitative estimate of drug-likeness (QED) is 0.784. The number of nitrogens with one attached hydrogen (secondary N) is 1. The van der Waals surface area contributed by atoms with Crippen LogP contribution in [0.1, 0.15) is 53.4 Å². The van der Waals surface area contributed by atoms with E-state index < -0.39 is 5.97 Å². The van der Waals surface area contributed by atoms with E-state index in [1.165, 1.54) is 0 Å². The molecule has 0 fully saturated rings. The van der Waals surface area contributed by atoms with Crippen LogP contribution in [-0.4, -0.2) is 27.8 Å². The van der Waals surface area contributed by atoms with Gasteiger partial charge in [-0.2, -0.15) is 0 Å². The van der Waals surface area contributed by atoms with Crippen LogP contribution in [0.4, 0.5) is 0 Å². The molecule has 2 aromatic rings. The maximum Gasteiger partial charge on any atom is 0.337 e. The van der Waals surface area contributed by atoms with Gasteiger partial charge < -0.3 is 15.2 Å². The number of carboxylic acids is 1. The Labute approximate surface area is 118 Å². The predicted molar refractivity (Wildman–Crippen MR) is 79.5 cm³/mol. The number of rotatable bonds is 5. The summed E-state index contributed by atoms with van der Waals surface area (Å²) < 4.78 is 0. The first-order valence-corrected chi connectivity index (χ1v) is 6.95. The minimum Gasteiger partial charge on any atom is -0.478 e. The number of aliphatic hydroxyl groups excluding tert-OH is 1. The Morgan fingerprint density at radius 2 is 2.05 bits per heavy atom. The molecule has 4 heteroatoms. The van der Waals surface area contributed by atoms with Crippen molar-refractivity contribution in [2.75, 3.05) is 6.61 Å². The molecule has 1 aromatic heterocycles. The van der Waals surface area contributed by atoms with E-state index in [2.05, 4.69) is 24.9 Å². The molecule has 0 atom stereocenters. The first kappa shape index (κ1) is 14.6. The second-order valence-electron chi connectivity index (χ2n) is 5.51. The van der Waals surface area contributed by atoms with Crippen LogP contribution in [0.5, 0.6) is 0 Å². The highest BCUT2D eigenvalue weighted by molar-refractivity contribution is 6.04. The first-order chi connectivity index (χ1) is 9.45. The molecular weight excluding hydrogens is 254 g/mol. The maximum absolute atomic E-state index is 11.5. The summed E-state index contributed by atoms with van der Waals surface area (Å²) in [7, 11) is 0. The summed E-state index contributed by atoms with van der Waals surface area (Å²) in [5.41, 5.74) is 4.13. The smallest absolute Gasteiger partial charge is 0.337 e. The second kappa shape index (κ2) is 5.67. The van der Waals surface area contributed by atoms with E-state index in [1.807, 2.05) is 6.92 Å². The largest absolute Gasteiger partial charge is 0.478 e. The van der Waals surface area contributed by atoms with Gasteiger partial charge in [0.25, 0.3) is 0 Å². The van der Waals surface area contributed by atoms with Crippen molar-refractivity contribution in [2.24, 2.45) is 0 Å². The lowest BCUT2D eigenvalue weighted by atomic mass is 9.95. The van der Waals surface area contributed by atoms with Gasteiger partial charge in [0.2, 0.25) is 0 Å². The second-order valence-corrected chi connectivity index (χ2v) is 5.51. The molecule has 0 amide bonds. The van der Waals surface area contributed by atoms with Crippen molar-refractivity contribution in [3.63, 3.8) is 0 Å². The third kappa shape index (κ3) is 2.56. The molecule has 0 bridgehead atoms. The Morgan fingerprint density at radius 3 is 2.60 bits per heavy atom. The molecule has 0 saturated heterocycles. The highest BCUT2D eigenvalue weighted by atomic mass is 16.4. The summed E-state index contributed by atoms with van der Waals surface area (Å²) >= 11 is 0. The number of aliphatic hydroxyl groups is 1. The number of hydrogen-bond acceptors (Lipinski definition) is 2. The van der Waals surface area contributed by atoms with Gasteiger partial charge in [0, 0.05) is 17.7 Å². The van der Waals surface area contributed by atoms with E-state index in [1.54, 1.807) is 6.07 Å². The van der Waals surface area contributed by atoms with Gasteiger partial charge in [0.15, 0.2) is 0 Å². The monoisotopic (exact) mass is 275 g/mol. The van der Waals surface area contributed by atoms with Crippen LogP contribution >= 0.6 is 0 Å². The van der Waals surface area contributed by atoms with Gasteiger partial charge in [-0.25, -0.2) is 4.79 Å². The molecule has 20 heavy (non-hydrogen) atoms. The summed E-state index contributed by atoms with van der Waals surface area (Å²) in [4.78, 5) is 14.7. The molecule has 0 radical (unpaired) electrons. The molecule has 0 spiro atoms. The topological polar surface area (TPSA) is 73.3 Å². The van der Waals surface area contributed by atoms with Gasteiger partial charge in [-0.15, -0.1) is 0 Å². The number of aromatic amines is 1. The molecule has 3 N–H and O–H groups in total. The van der Waals surface area contributed by atoms with Gasteiger partial charge in [-0.05, 0) is 48.9 Å². The Kier molecular flexibility index (Phi) is 4.14. The zero-order valence-electron chi connectivity index (χ0n) is 12.2. The van der Waals surface area contributed by atoms with E-state index in [0.29, 0.717) is 17.5 Å². The van der Waals surface area contributed by atoms with Gasteiger partial charge in [0.1, 0.15) is 0 Å². The number of aromatic carboxylic acids is 1. The predicted octanol–water partition coefficient (Wildman–Crippen LogP) is 3.22. The minimum absolute atomic E-state index is 0.141. The van der Waals surface area contributed by atoms with E-state index in [9.17, 15) is 9.90 Å². The number of hydrogen-bond donors (Lipinski definition) is 3. The van der Waals surface area contributed by atoms with Crippen LogP contribution in [0.3, 0.4) is 0 Å². The van der Waals surface area contributed by atoms with Gasteiger partial charge >= 0.3 is 5.97 Å². The number of fused-ring (bicyclic) bond motifs is 1. The number of carbonyl (C=O) groups is 1. The fourth-order valence-corrected chi connectivity index (χ4v) is 2.58. The van der Waals surface area contributed by atoms with Crippen LogP contribution in [0, 0.1) is 6.92 Å². The Hall–Kier alpha value is -1.81. The Bertz CT molecular complexity index is 641. The average Bonchev–Trinajstić information content (AvgIpc) is 2.70. The number of carboxylic acid groups (broad SMARTS) is 1. The molecule has 0 unspecified atom stereocenters. The van der Waals surface area contributed by atoms with Crippen LogP contribution < -0.4 is 0 Å². The SMILES string of the molecule is Cc1[nH]c2c(C(=O)O)cc(C(C)C)cc2c1CCCO. The zero-order valence-corrected chi connectivity index (χ0v) is 12.2. The molecule has 4 nitrogen and oxygen atoms in total. The zero-order chi connectivity index (χ0) is 14.9. The first-order valence-electron chi connectivity index (χ1n) is 6.95. The molecule has 2 rings (SSSR count). The summed E-state index contributed by atoms with van der Waals surface area (Å²) in [6.45, 7) is 6.20. The van der Waals surface area contributed by atoms with Crippen molar-refractivity contribution in [1.82, 2.24) is 4.98 Å². The summed E-state index contributed by atoms with van der Waals surface area (Å²) in [5.74, 6) is -0.633. The average molecular weight is 275 g/mol. The van der Waals surface area contributed by atoms with Crippen LogP contribution in [-0.2, 0) is 6.42 Å². The van der Waals surface area contributed by atoms with Crippen LogP contribution in [0.2, 0.25) is 0 Å². The Morgan fingerprint density at radius 1 is 1.35 bits per heavy atom. The number of aromatic nitrogens is 1. The van der Waals surface area contributed by atoms with Crippen LogP contribution in [0.15, 0.2) is 12.1 Å². The molecule has 0 aliphatic rings. The lowest BCUT2D eigenvalue weighted by molar-refractivity contribution is 0.0698. The summed E-state index contributed by atoms with van der Waals surface area (Å²) in [6, 6.07) is 3.82. The minimum atomic E-state index is -0.910. The molecule has 0 aliphatic carbocycles. The highest BCUT2D eigenvalue weighted by Gasteiger charge is 2.17. The summed E-state index contributed by atoms with van der Waals surface area (Å²) in [5, 5.41) is 19.4. The van der Waals surface area contributed by atoms with Crippen molar-refractivity contribution >= 4 is 16.9 Å². The maximum atomic E-state index is 11.5. The normalized spacial score (nSPS) is 11.4. The molecule has 108 valence electrons. The fourth-order valence-electron chi connectivity index (χ4n) is 2.58. The standard InChI is InChI=1S/C16H21NO3/c1-9(2)11-7-13-12(5-4-6-18)10(3)17-15(13)14(8-11)16(19)20/h7-9,17-18H,4-6H2,1-3H3,(H,19,20). The molecule has 1 aromatic carbocycles. The highest BCUT2D eigenvalue weighted by Crippen LogP contribution is 2.30. The summed E-state index contributed by atoms with van der Waals surface area (Å²) in [6.07, 6.45) is 1.44. The van der Waals surface area contributed by atoms with Crippen molar-refractivity contribution in [3.8, 4) is 0 Å². The number of aryl methyl sites for hydroxylation is 2. The Balaban J connectivity index is 2.70. The van der Waals surface area contributed by atoms with E-state index in [4.69, 9.17) is 5.11 Å². The van der Waals surface area contributed by atoms with E-state index in [0.717, 1.165) is 28.6 Å². The van der Waals surface area contributed by atoms with E-state index in [-0.39, 0.29) is 12.5 Å². The molecule has 0 saturated carbocycles. The van der Waals surface area contributed by atoms with Gasteiger partial charge in [0.05, 0.1) is 11.1 Å². The third-order valence-corrected chi connectivity index (χ3v) is 3.73. The van der Waals surface area contributed by atoms with Crippen molar-refractivity contribution < 1.29 is 15.0 Å². The fraction of sp³-hybridized carbons (Fsp3) is 0.438. The number of H-pyrrole nitrogens is 1. The van der Waals surface area contributed by atoms with Crippen LogP contribution in [0.25, 0.3) is 10.9 Å². The van der Waals surface area contributed by atoms with Gasteiger partial charge in [-0.3, -0.25) is 0 Å². The molecule has 1 heterocycles.